The molecule has 84 valence electrons. The van der Waals surface area contributed by atoms with E-state index in [2.05, 4.69) is 0 Å². The van der Waals surface area contributed by atoms with Gasteiger partial charge in [-0.1, -0.05) is 0 Å². The molecule has 5 heteroatoms. The Kier molecular flexibility index (Phi) is 3.49. The second-order valence-corrected chi connectivity index (χ2v) is 6.95. The zero-order chi connectivity index (χ0) is 11.0. The molecule has 1 saturated carbocycles. The van der Waals surface area contributed by atoms with E-state index < -0.39 is 15.6 Å². The van der Waals surface area contributed by atoms with Crippen molar-refractivity contribution in [1.29, 1.82) is 0 Å². The van der Waals surface area contributed by atoms with Crippen molar-refractivity contribution in [2.45, 2.75) is 32.2 Å². The molecule has 0 aromatic heterocycles. The minimum absolute atomic E-state index is 0.282. The number of rotatable bonds is 5. The van der Waals surface area contributed by atoms with Crippen LogP contribution >= 0.6 is 11.6 Å². The van der Waals surface area contributed by atoms with Gasteiger partial charge in [-0.3, -0.25) is 0 Å². The van der Waals surface area contributed by atoms with Gasteiger partial charge in [-0.15, -0.1) is 11.6 Å². The molecule has 0 atom stereocenters. The van der Waals surface area contributed by atoms with Crippen LogP contribution in [-0.4, -0.2) is 36.9 Å². The summed E-state index contributed by atoms with van der Waals surface area (Å²) in [7, 11) is -1.51. The van der Waals surface area contributed by atoms with E-state index in [1.54, 1.807) is 7.05 Å². The molecule has 0 saturated heterocycles. The van der Waals surface area contributed by atoms with Crippen LogP contribution < -0.4 is 0 Å². The summed E-state index contributed by atoms with van der Waals surface area (Å²) >= 11 is 5.74. The number of sulfonamides is 1. The Morgan fingerprint density at radius 2 is 1.93 bits per heavy atom. The molecule has 0 aromatic carbocycles. The fourth-order valence-electron chi connectivity index (χ4n) is 1.15. The molecular formula is C9H18ClNO2S. The van der Waals surface area contributed by atoms with Gasteiger partial charge in [0.25, 0.3) is 0 Å². The molecule has 1 fully saturated rings. The molecule has 0 spiro atoms. The zero-order valence-electron chi connectivity index (χ0n) is 8.96. The highest BCUT2D eigenvalue weighted by molar-refractivity contribution is 7.89. The van der Waals surface area contributed by atoms with Crippen LogP contribution in [0.3, 0.4) is 0 Å². The number of alkyl halides is 1. The van der Waals surface area contributed by atoms with Gasteiger partial charge < -0.3 is 0 Å². The second kappa shape index (κ2) is 3.99. The van der Waals surface area contributed by atoms with Crippen molar-refractivity contribution < 1.29 is 8.42 Å². The van der Waals surface area contributed by atoms with Crippen LogP contribution in [0.5, 0.6) is 0 Å². The topological polar surface area (TPSA) is 37.4 Å². The monoisotopic (exact) mass is 239 g/mol. The first kappa shape index (κ1) is 12.3. The fraction of sp³-hybridized carbons (Fsp3) is 1.00. The first-order valence-electron chi connectivity index (χ1n) is 4.82. The predicted octanol–water partition coefficient (Wildman–Crippen LogP) is 1.68. The van der Waals surface area contributed by atoms with Crippen LogP contribution in [0, 0.1) is 5.92 Å². The Labute approximate surface area is 91.5 Å². The Hall–Kier alpha value is 0.200. The van der Waals surface area contributed by atoms with Crippen LogP contribution in [0.15, 0.2) is 0 Å². The molecule has 14 heavy (non-hydrogen) atoms. The van der Waals surface area contributed by atoms with E-state index in [0.717, 1.165) is 12.8 Å². The van der Waals surface area contributed by atoms with Crippen LogP contribution in [0.2, 0.25) is 0 Å². The van der Waals surface area contributed by atoms with E-state index >= 15 is 0 Å². The molecule has 1 aliphatic rings. The van der Waals surface area contributed by atoms with Crippen LogP contribution in [0.1, 0.15) is 26.7 Å². The fourth-order valence-corrected chi connectivity index (χ4v) is 3.38. The molecule has 1 aliphatic carbocycles. The van der Waals surface area contributed by atoms with Gasteiger partial charge in [0.2, 0.25) is 10.0 Å². The lowest BCUT2D eigenvalue weighted by Crippen LogP contribution is -2.47. The van der Waals surface area contributed by atoms with E-state index in [1.807, 2.05) is 13.8 Å². The first-order valence-corrected chi connectivity index (χ1v) is 6.96. The summed E-state index contributed by atoms with van der Waals surface area (Å²) < 4.78 is 25.1. The van der Waals surface area contributed by atoms with Gasteiger partial charge in [0, 0.05) is 18.5 Å². The molecular weight excluding hydrogens is 222 g/mol. The second-order valence-electron chi connectivity index (χ2n) is 4.64. The summed E-state index contributed by atoms with van der Waals surface area (Å²) in [6, 6.07) is 0. The maximum atomic E-state index is 11.9. The summed E-state index contributed by atoms with van der Waals surface area (Å²) in [5.74, 6) is 0.977. The lowest BCUT2D eigenvalue weighted by Gasteiger charge is -2.32. The number of hydrogen-bond acceptors (Lipinski definition) is 2. The maximum absolute atomic E-state index is 11.9. The van der Waals surface area contributed by atoms with E-state index in [9.17, 15) is 8.42 Å². The molecule has 3 nitrogen and oxygen atoms in total. The number of hydrogen-bond donors (Lipinski definition) is 0. The van der Waals surface area contributed by atoms with Crippen LogP contribution in [-0.2, 0) is 10.0 Å². The molecule has 0 heterocycles. The molecule has 0 radical (unpaired) electrons. The lowest BCUT2D eigenvalue weighted by atomic mass is 10.1. The quantitative estimate of drug-likeness (QED) is 0.685. The van der Waals surface area contributed by atoms with Gasteiger partial charge in [-0.2, -0.15) is 4.31 Å². The average Bonchev–Trinajstić information content (AvgIpc) is 2.86. The van der Waals surface area contributed by atoms with E-state index in [4.69, 9.17) is 11.6 Å². The highest BCUT2D eigenvalue weighted by Crippen LogP contribution is 2.32. The smallest absolute Gasteiger partial charge is 0.212 e. The molecule has 0 unspecified atom stereocenters. The van der Waals surface area contributed by atoms with Crippen molar-refractivity contribution in [3.63, 3.8) is 0 Å². The molecule has 0 aromatic rings. The van der Waals surface area contributed by atoms with Gasteiger partial charge in [0.15, 0.2) is 0 Å². The Morgan fingerprint density at radius 1 is 1.43 bits per heavy atom. The third-order valence-corrected chi connectivity index (χ3v) is 5.62. The Morgan fingerprint density at radius 3 is 2.29 bits per heavy atom. The highest BCUT2D eigenvalue weighted by Gasteiger charge is 2.36. The van der Waals surface area contributed by atoms with Crippen molar-refractivity contribution in [3.8, 4) is 0 Å². The van der Waals surface area contributed by atoms with Crippen molar-refractivity contribution in [1.82, 2.24) is 4.31 Å². The van der Waals surface area contributed by atoms with Gasteiger partial charge in [0.05, 0.1) is 5.75 Å². The van der Waals surface area contributed by atoms with Crippen LogP contribution in [0.4, 0.5) is 0 Å². The minimum atomic E-state index is -3.12. The van der Waals surface area contributed by atoms with E-state index in [1.165, 1.54) is 4.31 Å². The number of nitrogens with zero attached hydrogens (tertiary/aromatic N) is 1. The van der Waals surface area contributed by atoms with Gasteiger partial charge >= 0.3 is 0 Å². The van der Waals surface area contributed by atoms with Gasteiger partial charge in [0.1, 0.15) is 0 Å². The summed E-state index contributed by atoms with van der Waals surface area (Å²) in [4.78, 5) is 0. The molecule has 0 aliphatic heterocycles. The maximum Gasteiger partial charge on any atom is 0.214 e. The minimum Gasteiger partial charge on any atom is -0.212 e. The third-order valence-electron chi connectivity index (χ3n) is 2.74. The van der Waals surface area contributed by atoms with Crippen molar-refractivity contribution in [3.05, 3.63) is 0 Å². The lowest BCUT2D eigenvalue weighted by molar-refractivity contribution is 0.295. The van der Waals surface area contributed by atoms with Crippen LogP contribution in [0.25, 0.3) is 0 Å². The van der Waals surface area contributed by atoms with E-state index in [0.29, 0.717) is 11.8 Å². The van der Waals surface area contributed by atoms with Crippen molar-refractivity contribution in [2.75, 3.05) is 18.7 Å². The largest absolute Gasteiger partial charge is 0.214 e. The summed E-state index contributed by atoms with van der Waals surface area (Å²) in [6.07, 6.45) is 2.10. The normalized spacial score (nSPS) is 18.9. The zero-order valence-corrected chi connectivity index (χ0v) is 10.5. The van der Waals surface area contributed by atoms with E-state index in [-0.39, 0.29) is 5.75 Å². The SMILES string of the molecule is CN(C(C)(C)CCl)S(=O)(=O)CC1CC1. The molecule has 1 rings (SSSR count). The average molecular weight is 240 g/mol. The van der Waals surface area contributed by atoms with Crippen molar-refractivity contribution >= 4 is 21.6 Å². The van der Waals surface area contributed by atoms with Gasteiger partial charge in [-0.05, 0) is 32.6 Å². The summed E-state index contributed by atoms with van der Waals surface area (Å²) in [6.45, 7) is 3.68. The third kappa shape index (κ3) is 2.84. The highest BCUT2D eigenvalue weighted by atomic mass is 35.5. The predicted molar refractivity (Wildman–Crippen MR) is 59.1 cm³/mol. The summed E-state index contributed by atoms with van der Waals surface area (Å²) in [5.41, 5.74) is -0.491. The molecule has 0 N–H and O–H groups in total. The standard InChI is InChI=1S/C9H18ClNO2S/c1-9(2,7-10)11(3)14(12,13)6-8-4-5-8/h8H,4-7H2,1-3H3. The first-order chi connectivity index (χ1) is 6.29. The Bertz CT molecular complexity index is 296. The summed E-state index contributed by atoms with van der Waals surface area (Å²) in [5, 5.41) is 0. The number of halogens is 1. The van der Waals surface area contributed by atoms with Crippen molar-refractivity contribution in [2.24, 2.45) is 5.92 Å². The molecule has 0 amide bonds. The van der Waals surface area contributed by atoms with Gasteiger partial charge in [-0.25, -0.2) is 8.42 Å². The molecule has 0 bridgehead atoms. The Balaban J connectivity index is 2.70.